The number of methoxy groups -OCH3 is 1. The molecule has 0 aliphatic carbocycles. The minimum absolute atomic E-state index is 0.124. The minimum atomic E-state index is -1.44. The molecule has 24 heavy (non-hydrogen) atoms. The molecular formula is C16H24O8. The molecule has 0 unspecified atom stereocenters. The van der Waals surface area contributed by atoms with E-state index < -0.39 is 37.3 Å². The highest BCUT2D eigenvalue weighted by Crippen LogP contribution is 2.21. The van der Waals surface area contributed by atoms with Gasteiger partial charge in [-0.15, -0.1) is 0 Å². The molecule has 1 aromatic carbocycles. The van der Waals surface area contributed by atoms with E-state index in [-0.39, 0.29) is 13.2 Å². The first kappa shape index (κ1) is 19.1. The van der Waals surface area contributed by atoms with Crippen molar-refractivity contribution < 1.29 is 39.4 Å². The van der Waals surface area contributed by atoms with Gasteiger partial charge in [0.25, 0.3) is 0 Å². The van der Waals surface area contributed by atoms with Gasteiger partial charge in [-0.05, 0) is 17.7 Å². The number of aliphatic hydroxyl groups is 4. The maximum absolute atomic E-state index is 9.81. The van der Waals surface area contributed by atoms with Gasteiger partial charge in [0, 0.05) is 0 Å². The summed E-state index contributed by atoms with van der Waals surface area (Å²) in [6, 6.07) is 7.45. The van der Waals surface area contributed by atoms with E-state index in [0.29, 0.717) is 6.61 Å². The third-order valence-electron chi connectivity index (χ3n) is 3.79. The second kappa shape index (κ2) is 9.28. The molecule has 2 rings (SSSR count). The Morgan fingerprint density at radius 3 is 2.33 bits per heavy atom. The largest absolute Gasteiger partial charge is 0.497 e. The van der Waals surface area contributed by atoms with Crippen molar-refractivity contribution in [2.75, 3.05) is 26.9 Å². The van der Waals surface area contributed by atoms with Crippen molar-refractivity contribution in [3.8, 4) is 5.75 Å². The van der Waals surface area contributed by atoms with E-state index in [1.54, 1.807) is 7.11 Å². The summed E-state index contributed by atoms with van der Waals surface area (Å²) in [4.78, 5) is 0. The molecule has 0 saturated carbocycles. The van der Waals surface area contributed by atoms with Crippen LogP contribution in [0.5, 0.6) is 5.75 Å². The summed E-state index contributed by atoms with van der Waals surface area (Å²) in [5, 5.41) is 38.2. The molecule has 8 nitrogen and oxygen atoms in total. The Hall–Kier alpha value is -1.26. The average Bonchev–Trinajstić information content (AvgIpc) is 2.61. The predicted molar refractivity (Wildman–Crippen MR) is 82.4 cm³/mol. The summed E-state index contributed by atoms with van der Waals surface area (Å²) >= 11 is 0. The van der Waals surface area contributed by atoms with Gasteiger partial charge in [-0.25, -0.2) is 0 Å². The number of benzene rings is 1. The molecule has 4 N–H and O–H groups in total. The number of hydrogen-bond donors (Lipinski definition) is 4. The molecule has 0 bridgehead atoms. The third-order valence-corrected chi connectivity index (χ3v) is 3.79. The van der Waals surface area contributed by atoms with Gasteiger partial charge in [-0.1, -0.05) is 12.1 Å². The van der Waals surface area contributed by atoms with Gasteiger partial charge in [0.05, 0.1) is 33.5 Å². The zero-order chi connectivity index (χ0) is 17.5. The van der Waals surface area contributed by atoms with Crippen LogP contribution in [-0.4, -0.2) is 78.1 Å². The Bertz CT molecular complexity index is 477. The lowest BCUT2D eigenvalue weighted by Gasteiger charge is -2.39. The van der Waals surface area contributed by atoms with Gasteiger partial charge in [-0.2, -0.15) is 0 Å². The Labute approximate surface area is 140 Å². The van der Waals surface area contributed by atoms with Crippen molar-refractivity contribution in [3.05, 3.63) is 29.8 Å². The van der Waals surface area contributed by atoms with E-state index in [4.69, 9.17) is 24.1 Å². The Morgan fingerprint density at radius 1 is 1.00 bits per heavy atom. The van der Waals surface area contributed by atoms with Gasteiger partial charge in [-0.3, -0.25) is 0 Å². The summed E-state index contributed by atoms with van der Waals surface area (Å²) < 4.78 is 21.1. The maximum atomic E-state index is 9.81. The van der Waals surface area contributed by atoms with Crippen LogP contribution in [0.25, 0.3) is 0 Å². The van der Waals surface area contributed by atoms with E-state index in [2.05, 4.69) is 0 Å². The number of aliphatic hydroxyl groups excluding tert-OH is 4. The first-order valence-electron chi connectivity index (χ1n) is 7.69. The zero-order valence-corrected chi connectivity index (χ0v) is 13.4. The molecule has 1 aliphatic heterocycles. The molecule has 0 aromatic heterocycles. The van der Waals surface area contributed by atoms with Gasteiger partial charge >= 0.3 is 0 Å². The molecule has 0 spiro atoms. The molecule has 1 aromatic rings. The average molecular weight is 344 g/mol. The lowest BCUT2D eigenvalue weighted by atomic mass is 9.99. The van der Waals surface area contributed by atoms with Crippen LogP contribution in [-0.2, 0) is 20.8 Å². The Balaban J connectivity index is 1.69. The van der Waals surface area contributed by atoms with Crippen LogP contribution in [0.3, 0.4) is 0 Å². The summed E-state index contributed by atoms with van der Waals surface area (Å²) in [7, 11) is 1.60. The van der Waals surface area contributed by atoms with E-state index in [1.165, 1.54) is 0 Å². The summed E-state index contributed by atoms with van der Waals surface area (Å²) in [6.07, 6.45) is -6.35. The van der Waals surface area contributed by atoms with Crippen molar-refractivity contribution in [2.24, 2.45) is 0 Å². The Morgan fingerprint density at radius 2 is 1.71 bits per heavy atom. The van der Waals surface area contributed by atoms with Crippen molar-refractivity contribution in [3.63, 3.8) is 0 Å². The number of ether oxygens (including phenoxy) is 4. The zero-order valence-electron chi connectivity index (χ0n) is 13.4. The lowest BCUT2D eigenvalue weighted by molar-refractivity contribution is -0.302. The topological polar surface area (TPSA) is 118 Å². The fourth-order valence-electron chi connectivity index (χ4n) is 2.34. The molecule has 1 aliphatic rings. The fraction of sp³-hybridized carbons (Fsp3) is 0.625. The third kappa shape index (κ3) is 4.87. The van der Waals surface area contributed by atoms with Crippen molar-refractivity contribution >= 4 is 0 Å². The van der Waals surface area contributed by atoms with Gasteiger partial charge in [0.2, 0.25) is 0 Å². The first-order chi connectivity index (χ1) is 11.6. The lowest BCUT2D eigenvalue weighted by Crippen LogP contribution is -2.59. The van der Waals surface area contributed by atoms with Gasteiger partial charge in [0.1, 0.15) is 30.2 Å². The highest BCUT2D eigenvalue weighted by atomic mass is 16.7. The molecule has 0 amide bonds. The number of hydrogen-bond acceptors (Lipinski definition) is 8. The van der Waals surface area contributed by atoms with Crippen molar-refractivity contribution in [1.29, 1.82) is 0 Å². The van der Waals surface area contributed by atoms with Gasteiger partial charge in [0.15, 0.2) is 6.29 Å². The van der Waals surface area contributed by atoms with Crippen LogP contribution in [0.2, 0.25) is 0 Å². The van der Waals surface area contributed by atoms with E-state index in [9.17, 15) is 15.3 Å². The van der Waals surface area contributed by atoms with E-state index in [0.717, 1.165) is 11.3 Å². The normalized spacial score (nSPS) is 30.3. The molecule has 1 saturated heterocycles. The predicted octanol–water partition coefficient (Wildman–Crippen LogP) is -0.972. The number of rotatable bonds is 8. The summed E-state index contributed by atoms with van der Waals surface area (Å²) in [5.41, 5.74) is 0.976. The van der Waals surface area contributed by atoms with E-state index in [1.807, 2.05) is 24.3 Å². The van der Waals surface area contributed by atoms with Crippen molar-refractivity contribution in [2.45, 2.75) is 37.3 Å². The Kier molecular flexibility index (Phi) is 7.38. The van der Waals surface area contributed by atoms with Gasteiger partial charge < -0.3 is 39.4 Å². The molecule has 1 fully saturated rings. The summed E-state index contributed by atoms with van der Waals surface area (Å²) in [5.74, 6) is 0.768. The van der Waals surface area contributed by atoms with E-state index >= 15 is 0 Å². The summed E-state index contributed by atoms with van der Waals surface area (Å²) in [6.45, 7) is 0.278. The molecule has 1 heterocycles. The second-order valence-corrected chi connectivity index (χ2v) is 5.47. The minimum Gasteiger partial charge on any atom is -0.497 e. The monoisotopic (exact) mass is 344 g/mol. The molecular weight excluding hydrogens is 320 g/mol. The molecule has 136 valence electrons. The maximum Gasteiger partial charge on any atom is 0.186 e. The van der Waals surface area contributed by atoms with Crippen LogP contribution < -0.4 is 4.74 Å². The smallest absolute Gasteiger partial charge is 0.186 e. The fourth-order valence-corrected chi connectivity index (χ4v) is 2.34. The highest BCUT2D eigenvalue weighted by Gasteiger charge is 2.43. The second-order valence-electron chi connectivity index (χ2n) is 5.47. The molecule has 5 atom stereocenters. The van der Waals surface area contributed by atoms with Crippen LogP contribution in [0.4, 0.5) is 0 Å². The quantitative estimate of drug-likeness (QED) is 0.445. The van der Waals surface area contributed by atoms with Crippen LogP contribution in [0.1, 0.15) is 5.56 Å². The van der Waals surface area contributed by atoms with Crippen LogP contribution >= 0.6 is 0 Å². The molecule has 0 radical (unpaired) electrons. The highest BCUT2D eigenvalue weighted by molar-refractivity contribution is 5.26. The van der Waals surface area contributed by atoms with Crippen LogP contribution in [0, 0.1) is 0 Å². The first-order valence-corrected chi connectivity index (χ1v) is 7.69. The SMILES string of the molecule is COc1ccc(COCCO[C@@H]2O[C@H](CO)[C@@H](O)[C@H](O)[C@H]2O)cc1. The standard InChI is InChI=1S/C16H24O8/c1-21-11-4-2-10(3-5-11)9-22-6-7-23-16-15(20)14(19)13(18)12(8-17)24-16/h2-5,12-20H,6-9H2,1H3/t12-,13-,14+,15-,16-/m1/s1. The van der Waals surface area contributed by atoms with Crippen molar-refractivity contribution in [1.82, 2.24) is 0 Å². The van der Waals surface area contributed by atoms with Crippen LogP contribution in [0.15, 0.2) is 24.3 Å². The molecule has 8 heteroatoms.